The van der Waals surface area contributed by atoms with Crippen LogP contribution in [-0.4, -0.2) is 31.3 Å². The van der Waals surface area contributed by atoms with Crippen molar-refractivity contribution in [1.29, 1.82) is 0 Å². The quantitative estimate of drug-likeness (QED) is 0.433. The first-order valence-corrected chi connectivity index (χ1v) is 10.2. The molecule has 4 aromatic rings. The zero-order valence-corrected chi connectivity index (χ0v) is 17.6. The zero-order valence-electron chi connectivity index (χ0n) is 17.6. The molecular weight excluding hydrogens is 425 g/mol. The maximum absolute atomic E-state index is 14.3. The van der Waals surface area contributed by atoms with Gasteiger partial charge >= 0.3 is 0 Å². The van der Waals surface area contributed by atoms with Gasteiger partial charge in [0.25, 0.3) is 0 Å². The SMILES string of the molecule is Cc1nn(-c2ccccc2)c2ncc(C3(O)C=C(O)NC=N3)c(OCc3ccccc3F)c12. The minimum absolute atomic E-state index is 0.0948. The van der Waals surface area contributed by atoms with Gasteiger partial charge < -0.3 is 20.3 Å². The monoisotopic (exact) mass is 445 g/mol. The van der Waals surface area contributed by atoms with Crippen LogP contribution in [0.5, 0.6) is 5.75 Å². The molecule has 0 amide bonds. The molecule has 0 fully saturated rings. The molecule has 0 radical (unpaired) electrons. The molecule has 0 saturated carbocycles. The highest BCUT2D eigenvalue weighted by Gasteiger charge is 2.35. The van der Waals surface area contributed by atoms with Crippen molar-refractivity contribution in [1.82, 2.24) is 20.1 Å². The summed E-state index contributed by atoms with van der Waals surface area (Å²) in [6.07, 6.45) is 3.75. The third-order valence-electron chi connectivity index (χ3n) is 5.36. The largest absolute Gasteiger partial charge is 0.495 e. The molecule has 33 heavy (non-hydrogen) atoms. The molecule has 9 heteroatoms. The first-order valence-electron chi connectivity index (χ1n) is 10.2. The van der Waals surface area contributed by atoms with Gasteiger partial charge in [-0.2, -0.15) is 5.10 Å². The van der Waals surface area contributed by atoms with E-state index in [0.29, 0.717) is 22.3 Å². The van der Waals surface area contributed by atoms with Crippen molar-refractivity contribution in [3.63, 3.8) is 0 Å². The molecule has 3 N–H and O–H groups in total. The highest BCUT2D eigenvalue weighted by atomic mass is 19.1. The highest BCUT2D eigenvalue weighted by molar-refractivity contribution is 5.88. The van der Waals surface area contributed by atoms with Crippen LogP contribution >= 0.6 is 0 Å². The second-order valence-electron chi connectivity index (χ2n) is 7.57. The lowest BCUT2D eigenvalue weighted by atomic mass is 10.0. The number of hydrogen-bond donors (Lipinski definition) is 3. The van der Waals surface area contributed by atoms with Crippen LogP contribution in [0.25, 0.3) is 16.7 Å². The molecule has 3 heterocycles. The van der Waals surface area contributed by atoms with Gasteiger partial charge in [0.1, 0.15) is 18.2 Å². The van der Waals surface area contributed by atoms with Gasteiger partial charge in [0.05, 0.1) is 28.7 Å². The number of aromatic nitrogens is 3. The predicted octanol–water partition coefficient (Wildman–Crippen LogP) is 3.62. The molecule has 0 aliphatic carbocycles. The Labute approximate surface area is 188 Å². The van der Waals surface area contributed by atoms with Gasteiger partial charge in [0.2, 0.25) is 5.72 Å². The summed E-state index contributed by atoms with van der Waals surface area (Å²) in [5.74, 6) is -0.435. The fourth-order valence-corrected chi connectivity index (χ4v) is 3.76. The number of aliphatic imine (C=N–C) groups is 1. The Balaban J connectivity index is 1.70. The number of halogens is 1. The first kappa shape index (κ1) is 20.7. The number of rotatable bonds is 5. The maximum Gasteiger partial charge on any atom is 0.214 e. The Morgan fingerprint density at radius 3 is 2.64 bits per heavy atom. The molecule has 1 aliphatic heterocycles. The van der Waals surface area contributed by atoms with Gasteiger partial charge in [0.15, 0.2) is 11.5 Å². The summed E-state index contributed by atoms with van der Waals surface area (Å²) in [5.41, 5.74) is 0.490. The molecule has 1 aliphatic rings. The number of fused-ring (bicyclic) bond motifs is 1. The number of hydrogen-bond acceptors (Lipinski definition) is 7. The summed E-state index contributed by atoms with van der Waals surface area (Å²) in [4.78, 5) is 8.62. The molecule has 1 atom stereocenters. The third kappa shape index (κ3) is 3.68. The van der Waals surface area contributed by atoms with E-state index in [2.05, 4.69) is 20.4 Å². The summed E-state index contributed by atoms with van der Waals surface area (Å²) in [6.45, 7) is 1.70. The van der Waals surface area contributed by atoms with Crippen LogP contribution in [0.2, 0.25) is 0 Å². The van der Waals surface area contributed by atoms with E-state index in [1.807, 2.05) is 30.3 Å². The maximum atomic E-state index is 14.3. The lowest BCUT2D eigenvalue weighted by molar-refractivity contribution is 0.0878. The van der Waals surface area contributed by atoms with E-state index in [0.717, 1.165) is 11.8 Å². The number of aliphatic hydroxyl groups excluding tert-OH is 1. The number of nitrogens with zero attached hydrogens (tertiary/aromatic N) is 4. The van der Waals surface area contributed by atoms with Crippen molar-refractivity contribution in [2.45, 2.75) is 19.3 Å². The Kier molecular flexibility index (Phi) is 5.02. The first-order chi connectivity index (χ1) is 16.0. The number of nitrogens with one attached hydrogen (secondary N) is 1. The number of aryl methyl sites for hydroxylation is 1. The third-order valence-corrected chi connectivity index (χ3v) is 5.36. The Morgan fingerprint density at radius 2 is 1.88 bits per heavy atom. The van der Waals surface area contributed by atoms with Crippen molar-refractivity contribution in [2.75, 3.05) is 0 Å². The number of pyridine rings is 1. The van der Waals surface area contributed by atoms with E-state index in [4.69, 9.17) is 4.74 Å². The van der Waals surface area contributed by atoms with Crippen molar-refractivity contribution < 1.29 is 19.3 Å². The molecule has 2 aromatic heterocycles. The molecule has 0 spiro atoms. The lowest BCUT2D eigenvalue weighted by Crippen LogP contribution is -2.30. The number of ether oxygens (including phenoxy) is 1. The van der Waals surface area contributed by atoms with Crippen LogP contribution in [-0.2, 0) is 12.3 Å². The normalized spacial score (nSPS) is 17.6. The topological polar surface area (TPSA) is 105 Å². The summed E-state index contributed by atoms with van der Waals surface area (Å²) < 4.78 is 22.0. The molecule has 166 valence electrons. The summed E-state index contributed by atoms with van der Waals surface area (Å²) in [5, 5.41) is 28.8. The lowest BCUT2D eigenvalue weighted by Gasteiger charge is -2.26. The van der Waals surface area contributed by atoms with Crippen LogP contribution in [0.15, 0.2) is 77.7 Å². The van der Waals surface area contributed by atoms with Gasteiger partial charge in [-0.3, -0.25) is 0 Å². The fraction of sp³-hybridized carbons (Fsp3) is 0.125. The second kappa shape index (κ2) is 8.03. The Morgan fingerprint density at radius 1 is 1.12 bits per heavy atom. The smallest absolute Gasteiger partial charge is 0.214 e. The summed E-state index contributed by atoms with van der Waals surface area (Å²) in [7, 11) is 0. The Hall–Kier alpha value is -4.24. The molecule has 2 aromatic carbocycles. The average molecular weight is 445 g/mol. The highest BCUT2D eigenvalue weighted by Crippen LogP contribution is 2.40. The minimum Gasteiger partial charge on any atom is -0.495 e. The summed E-state index contributed by atoms with van der Waals surface area (Å²) >= 11 is 0. The molecular formula is C24H20FN5O3. The van der Waals surface area contributed by atoms with Crippen LogP contribution < -0.4 is 10.1 Å². The van der Waals surface area contributed by atoms with E-state index in [1.54, 1.807) is 29.8 Å². The van der Waals surface area contributed by atoms with Gasteiger partial charge in [-0.1, -0.05) is 36.4 Å². The van der Waals surface area contributed by atoms with E-state index < -0.39 is 11.5 Å². The number of aliphatic hydroxyl groups is 2. The van der Waals surface area contributed by atoms with Crippen molar-refractivity contribution in [3.05, 3.63) is 95.4 Å². The van der Waals surface area contributed by atoms with E-state index >= 15 is 0 Å². The van der Waals surface area contributed by atoms with Crippen molar-refractivity contribution in [3.8, 4) is 11.4 Å². The average Bonchev–Trinajstić information content (AvgIpc) is 3.15. The molecule has 8 nitrogen and oxygen atoms in total. The van der Waals surface area contributed by atoms with E-state index in [-0.39, 0.29) is 23.8 Å². The molecule has 1 unspecified atom stereocenters. The van der Waals surface area contributed by atoms with Crippen molar-refractivity contribution >= 4 is 17.4 Å². The number of benzene rings is 2. The van der Waals surface area contributed by atoms with Crippen LogP contribution in [0.4, 0.5) is 4.39 Å². The molecule has 0 bridgehead atoms. The van der Waals surface area contributed by atoms with Gasteiger partial charge in [-0.15, -0.1) is 0 Å². The van der Waals surface area contributed by atoms with Crippen molar-refractivity contribution in [2.24, 2.45) is 4.99 Å². The zero-order chi connectivity index (χ0) is 23.0. The van der Waals surface area contributed by atoms with Crippen LogP contribution in [0, 0.1) is 12.7 Å². The van der Waals surface area contributed by atoms with Gasteiger partial charge in [0, 0.05) is 17.8 Å². The standard InChI is InChI=1S/C24H20FN5O3/c1-15-21-22(33-13-16-7-5-6-10-19(16)25)18(24(32)11-20(31)27-14-28-24)12-26-23(21)30(29-15)17-8-3-2-4-9-17/h2-12,14,31-32H,13H2,1H3,(H,27,28). The predicted molar refractivity (Wildman–Crippen MR) is 121 cm³/mol. The van der Waals surface area contributed by atoms with Gasteiger partial charge in [-0.05, 0) is 25.1 Å². The molecule has 5 rings (SSSR count). The van der Waals surface area contributed by atoms with Crippen LogP contribution in [0.1, 0.15) is 16.8 Å². The molecule has 0 saturated heterocycles. The fourth-order valence-electron chi connectivity index (χ4n) is 3.76. The van der Waals surface area contributed by atoms with E-state index in [9.17, 15) is 14.6 Å². The minimum atomic E-state index is -1.94. The van der Waals surface area contributed by atoms with Crippen LogP contribution in [0.3, 0.4) is 0 Å². The van der Waals surface area contributed by atoms with E-state index in [1.165, 1.54) is 18.6 Å². The Bertz CT molecular complexity index is 1400. The second-order valence-corrected chi connectivity index (χ2v) is 7.57. The summed E-state index contributed by atoms with van der Waals surface area (Å²) in [6, 6.07) is 15.8. The number of para-hydroxylation sites is 1. The van der Waals surface area contributed by atoms with Gasteiger partial charge in [-0.25, -0.2) is 19.0 Å².